The molecule has 1 N–H and O–H groups in total. The van der Waals surface area contributed by atoms with Crippen molar-refractivity contribution in [2.24, 2.45) is 0 Å². The molecule has 3 rings (SSSR count). The van der Waals surface area contributed by atoms with Crippen LogP contribution in [0.25, 0.3) is 5.69 Å². The van der Waals surface area contributed by atoms with Crippen LogP contribution in [0.3, 0.4) is 0 Å². The Labute approximate surface area is 134 Å². The number of hydrogen-bond acceptors (Lipinski definition) is 3. The van der Waals surface area contributed by atoms with E-state index >= 15 is 0 Å². The average molecular weight is 360 g/mol. The molecule has 0 aliphatic carbocycles. The molecule has 0 bridgehead atoms. The number of hydrogen-bond donors (Lipinski definition) is 1. The molecule has 4 nitrogen and oxygen atoms in total. The zero-order valence-electron chi connectivity index (χ0n) is 11.3. The number of anilines is 2. The fourth-order valence-electron chi connectivity index (χ4n) is 1.99. The van der Waals surface area contributed by atoms with Gasteiger partial charge in [0.2, 0.25) is 0 Å². The third-order valence-corrected chi connectivity index (χ3v) is 3.50. The van der Waals surface area contributed by atoms with E-state index in [1.54, 1.807) is 24.3 Å². The Morgan fingerprint density at radius 1 is 1.09 bits per heavy atom. The summed E-state index contributed by atoms with van der Waals surface area (Å²) in [4.78, 5) is 12.1. The maximum absolute atomic E-state index is 13.8. The van der Waals surface area contributed by atoms with Crippen LogP contribution in [0.4, 0.5) is 15.8 Å². The van der Waals surface area contributed by atoms with Crippen LogP contribution in [0.2, 0.25) is 0 Å². The molecule has 0 unspecified atom stereocenters. The average Bonchev–Trinajstić information content (AvgIpc) is 2.51. The second-order valence-electron chi connectivity index (χ2n) is 4.58. The molecule has 0 amide bonds. The van der Waals surface area contributed by atoms with Gasteiger partial charge >= 0.3 is 0 Å². The van der Waals surface area contributed by atoms with Gasteiger partial charge in [-0.1, -0.05) is 34.1 Å². The van der Waals surface area contributed by atoms with E-state index in [4.69, 9.17) is 0 Å². The molecule has 6 heteroatoms. The highest BCUT2D eigenvalue weighted by Gasteiger charge is 2.06. The van der Waals surface area contributed by atoms with Crippen molar-refractivity contribution in [1.29, 1.82) is 0 Å². The minimum Gasteiger partial charge on any atom is -0.352 e. The number of halogens is 2. The van der Waals surface area contributed by atoms with Crippen molar-refractivity contribution in [1.82, 2.24) is 9.78 Å². The molecule has 0 saturated carbocycles. The zero-order chi connectivity index (χ0) is 15.5. The van der Waals surface area contributed by atoms with Crippen LogP contribution in [0, 0.1) is 5.82 Å². The first-order valence-electron chi connectivity index (χ1n) is 6.50. The zero-order valence-corrected chi connectivity index (χ0v) is 12.9. The van der Waals surface area contributed by atoms with Gasteiger partial charge in [-0.3, -0.25) is 4.79 Å². The van der Waals surface area contributed by atoms with Gasteiger partial charge in [0.25, 0.3) is 5.56 Å². The first kappa shape index (κ1) is 14.5. The molecule has 0 atom stereocenters. The van der Waals surface area contributed by atoms with E-state index in [1.165, 1.54) is 23.0 Å². The van der Waals surface area contributed by atoms with Crippen LogP contribution in [0.5, 0.6) is 0 Å². The van der Waals surface area contributed by atoms with Crippen LogP contribution >= 0.6 is 15.9 Å². The minimum atomic E-state index is -0.415. The Hall–Kier alpha value is -2.47. The summed E-state index contributed by atoms with van der Waals surface area (Å²) in [6.45, 7) is 0. The molecule has 1 aromatic heterocycles. The summed E-state index contributed by atoms with van der Waals surface area (Å²) < 4.78 is 15.7. The van der Waals surface area contributed by atoms with Crippen LogP contribution in [-0.4, -0.2) is 9.78 Å². The van der Waals surface area contributed by atoms with Gasteiger partial charge in [0.05, 0.1) is 23.3 Å². The third kappa shape index (κ3) is 3.07. The topological polar surface area (TPSA) is 46.9 Å². The molecule has 110 valence electrons. The Morgan fingerprint density at radius 2 is 1.86 bits per heavy atom. The van der Waals surface area contributed by atoms with Crippen molar-refractivity contribution < 1.29 is 4.39 Å². The SMILES string of the molecule is O=c1cc(Nc2ccc(Br)cc2F)cnn1-c1ccccc1. The van der Waals surface area contributed by atoms with Gasteiger partial charge in [0.1, 0.15) is 5.82 Å². The molecule has 0 aliphatic heterocycles. The first-order valence-corrected chi connectivity index (χ1v) is 7.30. The Morgan fingerprint density at radius 3 is 2.55 bits per heavy atom. The second kappa shape index (κ2) is 6.11. The van der Waals surface area contributed by atoms with Gasteiger partial charge in [-0.15, -0.1) is 0 Å². The fraction of sp³-hybridized carbons (Fsp3) is 0. The molecule has 1 heterocycles. The number of nitrogens with one attached hydrogen (secondary N) is 1. The van der Waals surface area contributed by atoms with Crippen molar-refractivity contribution in [2.45, 2.75) is 0 Å². The monoisotopic (exact) mass is 359 g/mol. The van der Waals surface area contributed by atoms with Gasteiger partial charge in [-0.25, -0.2) is 4.39 Å². The van der Waals surface area contributed by atoms with E-state index in [0.29, 0.717) is 15.8 Å². The molecule has 2 aromatic carbocycles. The van der Waals surface area contributed by atoms with E-state index in [0.717, 1.165) is 0 Å². The normalized spacial score (nSPS) is 10.5. The van der Waals surface area contributed by atoms with Crippen LogP contribution in [0.15, 0.2) is 70.1 Å². The summed E-state index contributed by atoms with van der Waals surface area (Å²) in [5.74, 6) is -0.415. The molecule has 3 aromatic rings. The molecule has 0 fully saturated rings. The molecular formula is C16H11BrFN3O. The number of rotatable bonds is 3. The fourth-order valence-corrected chi connectivity index (χ4v) is 2.32. The highest BCUT2D eigenvalue weighted by Crippen LogP contribution is 2.22. The van der Waals surface area contributed by atoms with Gasteiger partial charge in [0, 0.05) is 10.5 Å². The quantitative estimate of drug-likeness (QED) is 0.771. The summed E-state index contributed by atoms with van der Waals surface area (Å²) in [5, 5.41) is 6.95. The van der Waals surface area contributed by atoms with Crippen LogP contribution in [0.1, 0.15) is 0 Å². The standard InChI is InChI=1S/C16H11BrFN3O/c17-11-6-7-15(14(18)8-11)20-12-9-16(22)21(19-10-12)13-4-2-1-3-5-13/h1-10,20H. The van der Waals surface area contributed by atoms with Crippen LogP contribution in [-0.2, 0) is 0 Å². The largest absolute Gasteiger partial charge is 0.352 e. The molecule has 22 heavy (non-hydrogen) atoms. The number of benzene rings is 2. The molecule has 0 saturated heterocycles. The van der Waals surface area contributed by atoms with E-state index in [9.17, 15) is 9.18 Å². The maximum Gasteiger partial charge on any atom is 0.273 e. The predicted octanol–water partition coefficient (Wildman–Crippen LogP) is 3.88. The Balaban J connectivity index is 1.91. The van der Waals surface area contributed by atoms with Gasteiger partial charge in [-0.2, -0.15) is 9.78 Å². The Bertz CT molecular complexity index is 865. The summed E-state index contributed by atoms with van der Waals surface area (Å²) >= 11 is 3.20. The highest BCUT2D eigenvalue weighted by molar-refractivity contribution is 9.10. The van der Waals surface area contributed by atoms with Crippen molar-refractivity contribution in [3.8, 4) is 5.69 Å². The lowest BCUT2D eigenvalue weighted by molar-refractivity contribution is 0.631. The smallest absolute Gasteiger partial charge is 0.273 e. The van der Waals surface area contributed by atoms with Crippen LogP contribution < -0.4 is 10.9 Å². The van der Waals surface area contributed by atoms with E-state index in [1.807, 2.05) is 18.2 Å². The number of nitrogens with zero attached hydrogens (tertiary/aromatic N) is 2. The second-order valence-corrected chi connectivity index (χ2v) is 5.49. The number of para-hydroxylation sites is 1. The van der Waals surface area contributed by atoms with E-state index < -0.39 is 5.82 Å². The maximum atomic E-state index is 13.8. The number of aromatic nitrogens is 2. The van der Waals surface area contributed by atoms with Crippen molar-refractivity contribution in [2.75, 3.05) is 5.32 Å². The van der Waals surface area contributed by atoms with Crippen molar-refractivity contribution in [3.63, 3.8) is 0 Å². The molecule has 0 spiro atoms. The highest BCUT2D eigenvalue weighted by atomic mass is 79.9. The van der Waals surface area contributed by atoms with Crippen molar-refractivity contribution >= 4 is 27.3 Å². The van der Waals surface area contributed by atoms with Gasteiger partial charge in [0.15, 0.2) is 0 Å². The lowest BCUT2D eigenvalue weighted by Gasteiger charge is -2.09. The van der Waals surface area contributed by atoms with E-state index in [2.05, 4.69) is 26.3 Å². The lowest BCUT2D eigenvalue weighted by atomic mass is 10.3. The third-order valence-electron chi connectivity index (χ3n) is 3.01. The van der Waals surface area contributed by atoms with Gasteiger partial charge < -0.3 is 5.32 Å². The summed E-state index contributed by atoms with van der Waals surface area (Å²) in [7, 11) is 0. The summed E-state index contributed by atoms with van der Waals surface area (Å²) in [6.07, 6.45) is 1.48. The molecular weight excluding hydrogens is 349 g/mol. The molecule has 0 aliphatic rings. The lowest BCUT2D eigenvalue weighted by Crippen LogP contribution is -2.20. The first-order chi connectivity index (χ1) is 10.6. The van der Waals surface area contributed by atoms with Gasteiger partial charge in [-0.05, 0) is 30.3 Å². The summed E-state index contributed by atoms with van der Waals surface area (Å²) in [5.41, 5.74) is 1.09. The predicted molar refractivity (Wildman–Crippen MR) is 87.2 cm³/mol. The minimum absolute atomic E-state index is 0.280. The Kier molecular flexibility index (Phi) is 4.02. The summed E-state index contributed by atoms with van der Waals surface area (Å²) in [6, 6.07) is 15.1. The molecule has 0 radical (unpaired) electrons. The van der Waals surface area contributed by atoms with E-state index in [-0.39, 0.29) is 11.2 Å². The van der Waals surface area contributed by atoms with Crippen molar-refractivity contribution in [3.05, 3.63) is 81.4 Å².